The summed E-state index contributed by atoms with van der Waals surface area (Å²) < 4.78 is 18.5. The van der Waals surface area contributed by atoms with Crippen molar-refractivity contribution in [2.75, 3.05) is 14.2 Å². The molecule has 3 rings (SSSR count). The van der Waals surface area contributed by atoms with E-state index in [2.05, 4.69) is 10.3 Å². The van der Waals surface area contributed by atoms with Crippen LogP contribution in [0, 0.1) is 0 Å². The van der Waals surface area contributed by atoms with E-state index in [1.54, 1.807) is 26.5 Å². The van der Waals surface area contributed by atoms with Gasteiger partial charge in [-0.1, -0.05) is 24.3 Å². The summed E-state index contributed by atoms with van der Waals surface area (Å²) in [5, 5.41) is 3.04. The highest BCUT2D eigenvalue weighted by Gasteiger charge is 2.23. The lowest BCUT2D eigenvalue weighted by molar-refractivity contribution is -0.117. The van der Waals surface area contributed by atoms with Crippen molar-refractivity contribution in [2.45, 2.75) is 26.0 Å². The number of nitrogens with one attached hydrogen (secondary N) is 1. The average Bonchev–Trinajstić information content (AvgIpc) is 3.21. The van der Waals surface area contributed by atoms with Gasteiger partial charge in [0.2, 0.25) is 5.91 Å². The molecule has 1 amide bonds. The Kier molecular flexibility index (Phi) is 7.54. The van der Waals surface area contributed by atoms with Gasteiger partial charge in [-0.2, -0.15) is 0 Å². The van der Waals surface area contributed by atoms with Crippen LogP contribution in [0.1, 0.15) is 36.8 Å². The first-order chi connectivity index (χ1) is 15.4. The number of aromatic nitrogens is 2. The summed E-state index contributed by atoms with van der Waals surface area (Å²) in [4.78, 5) is 17.3. The minimum Gasteiger partial charge on any atom is -0.496 e. The van der Waals surface area contributed by atoms with Crippen LogP contribution in [0.15, 0.2) is 60.9 Å². The van der Waals surface area contributed by atoms with E-state index in [1.165, 1.54) is 6.08 Å². The quantitative estimate of drug-likeness (QED) is 0.511. The molecule has 3 aromatic rings. The summed E-state index contributed by atoms with van der Waals surface area (Å²) in [6, 6.07) is 12.6. The van der Waals surface area contributed by atoms with Crippen molar-refractivity contribution in [3.8, 4) is 17.2 Å². The van der Waals surface area contributed by atoms with Crippen LogP contribution in [-0.2, 0) is 11.8 Å². The van der Waals surface area contributed by atoms with Gasteiger partial charge in [0.1, 0.15) is 17.6 Å². The maximum Gasteiger partial charge on any atom is 0.244 e. The second kappa shape index (κ2) is 10.5. The molecular formula is C25H29N3O4. The maximum atomic E-state index is 12.8. The lowest BCUT2D eigenvalue weighted by Crippen LogP contribution is -2.30. The number of hydrogen-bond donors (Lipinski definition) is 1. The molecule has 0 aliphatic rings. The number of hydrogen-bond acceptors (Lipinski definition) is 5. The number of nitrogens with zero attached hydrogens (tertiary/aromatic N) is 2. The van der Waals surface area contributed by atoms with Crippen molar-refractivity contribution in [2.24, 2.45) is 7.05 Å². The van der Waals surface area contributed by atoms with E-state index in [0.29, 0.717) is 23.1 Å². The van der Waals surface area contributed by atoms with Crippen molar-refractivity contribution < 1.29 is 19.0 Å². The second-order valence-corrected chi connectivity index (χ2v) is 7.49. The monoisotopic (exact) mass is 435 g/mol. The SMILES string of the molecule is COc1cc(/C=C/C(=O)NC(c2ccccc2OC)c2nccn2C)ccc1OC(C)C. The van der Waals surface area contributed by atoms with Crippen molar-refractivity contribution in [1.82, 2.24) is 14.9 Å². The summed E-state index contributed by atoms with van der Waals surface area (Å²) in [6.07, 6.45) is 6.80. The molecule has 0 spiro atoms. The second-order valence-electron chi connectivity index (χ2n) is 7.49. The van der Waals surface area contributed by atoms with Gasteiger partial charge in [-0.3, -0.25) is 4.79 Å². The number of methoxy groups -OCH3 is 2. The van der Waals surface area contributed by atoms with Gasteiger partial charge in [0.15, 0.2) is 11.5 Å². The van der Waals surface area contributed by atoms with Crippen LogP contribution in [0.2, 0.25) is 0 Å². The van der Waals surface area contributed by atoms with Gasteiger partial charge in [-0.05, 0) is 43.7 Å². The topological polar surface area (TPSA) is 74.6 Å². The third kappa shape index (κ3) is 5.49. The van der Waals surface area contributed by atoms with Crippen molar-refractivity contribution >= 4 is 12.0 Å². The van der Waals surface area contributed by atoms with E-state index in [1.807, 2.05) is 74.1 Å². The fraction of sp³-hybridized carbons (Fsp3) is 0.280. The molecule has 0 saturated carbocycles. The van der Waals surface area contributed by atoms with E-state index in [0.717, 1.165) is 11.1 Å². The van der Waals surface area contributed by atoms with E-state index in [4.69, 9.17) is 14.2 Å². The highest BCUT2D eigenvalue weighted by atomic mass is 16.5. The Labute approximate surface area is 188 Å². The Bertz CT molecular complexity index is 1090. The van der Waals surface area contributed by atoms with Crippen LogP contribution in [0.5, 0.6) is 17.2 Å². The summed E-state index contributed by atoms with van der Waals surface area (Å²) in [5.74, 6) is 2.39. The lowest BCUT2D eigenvalue weighted by atomic mass is 10.0. The summed E-state index contributed by atoms with van der Waals surface area (Å²) in [6.45, 7) is 3.91. The Hall–Kier alpha value is -3.74. The Morgan fingerprint density at radius 2 is 1.81 bits per heavy atom. The average molecular weight is 436 g/mol. The minimum atomic E-state index is -0.473. The Morgan fingerprint density at radius 3 is 2.47 bits per heavy atom. The smallest absolute Gasteiger partial charge is 0.244 e. The number of rotatable bonds is 9. The summed E-state index contributed by atoms with van der Waals surface area (Å²) in [5.41, 5.74) is 1.64. The first-order valence-electron chi connectivity index (χ1n) is 10.4. The van der Waals surface area contributed by atoms with E-state index < -0.39 is 6.04 Å². The molecule has 1 atom stereocenters. The molecule has 32 heavy (non-hydrogen) atoms. The minimum absolute atomic E-state index is 0.0362. The van der Waals surface area contributed by atoms with Crippen LogP contribution >= 0.6 is 0 Å². The molecule has 7 heteroatoms. The first kappa shape index (κ1) is 22.9. The number of carbonyl (C=O) groups is 1. The van der Waals surface area contributed by atoms with Crippen LogP contribution in [0.4, 0.5) is 0 Å². The Balaban J connectivity index is 1.83. The summed E-state index contributed by atoms with van der Waals surface area (Å²) in [7, 11) is 5.09. The molecule has 0 fully saturated rings. The van der Waals surface area contributed by atoms with E-state index in [9.17, 15) is 4.79 Å². The molecular weight excluding hydrogens is 406 g/mol. The van der Waals surface area contributed by atoms with Gasteiger partial charge >= 0.3 is 0 Å². The zero-order valence-corrected chi connectivity index (χ0v) is 19.0. The number of imidazole rings is 1. The van der Waals surface area contributed by atoms with Crippen molar-refractivity contribution in [1.29, 1.82) is 0 Å². The van der Waals surface area contributed by atoms with Gasteiger partial charge in [0, 0.05) is 31.1 Å². The van der Waals surface area contributed by atoms with Gasteiger partial charge < -0.3 is 24.1 Å². The molecule has 0 aliphatic heterocycles. The molecule has 0 radical (unpaired) electrons. The molecule has 2 aromatic carbocycles. The number of para-hydroxylation sites is 1. The normalized spacial score (nSPS) is 12.1. The summed E-state index contributed by atoms with van der Waals surface area (Å²) >= 11 is 0. The fourth-order valence-electron chi connectivity index (χ4n) is 3.34. The standard InChI is InChI=1S/C25H29N3O4/c1-17(2)32-21-12-10-18(16-22(21)31-5)11-13-23(29)27-24(25-26-14-15-28(25)3)19-8-6-7-9-20(19)30-4/h6-17,24H,1-5H3,(H,27,29)/b13-11+. The molecule has 168 valence electrons. The predicted molar refractivity (Wildman–Crippen MR) is 124 cm³/mol. The Morgan fingerprint density at radius 1 is 1.06 bits per heavy atom. The number of benzene rings is 2. The zero-order chi connectivity index (χ0) is 23.1. The third-order valence-corrected chi connectivity index (χ3v) is 4.83. The number of amides is 1. The molecule has 0 bridgehead atoms. The molecule has 0 saturated heterocycles. The van der Waals surface area contributed by atoms with E-state index in [-0.39, 0.29) is 12.0 Å². The number of aryl methyl sites for hydroxylation is 1. The van der Waals surface area contributed by atoms with Gasteiger partial charge in [0.25, 0.3) is 0 Å². The lowest BCUT2D eigenvalue weighted by Gasteiger charge is -2.20. The predicted octanol–water partition coefficient (Wildman–Crippen LogP) is 4.14. The van der Waals surface area contributed by atoms with Gasteiger partial charge in [0.05, 0.1) is 20.3 Å². The van der Waals surface area contributed by atoms with Gasteiger partial charge in [-0.25, -0.2) is 4.98 Å². The largest absolute Gasteiger partial charge is 0.496 e. The van der Waals surface area contributed by atoms with Crippen LogP contribution in [0.3, 0.4) is 0 Å². The molecule has 1 aromatic heterocycles. The highest BCUT2D eigenvalue weighted by Crippen LogP contribution is 2.30. The molecule has 0 aliphatic carbocycles. The maximum absolute atomic E-state index is 12.8. The third-order valence-electron chi connectivity index (χ3n) is 4.83. The van der Waals surface area contributed by atoms with Crippen LogP contribution in [-0.4, -0.2) is 35.8 Å². The molecule has 1 heterocycles. The highest BCUT2D eigenvalue weighted by molar-refractivity contribution is 5.92. The van der Waals surface area contributed by atoms with E-state index >= 15 is 0 Å². The fourth-order valence-corrected chi connectivity index (χ4v) is 3.34. The first-order valence-corrected chi connectivity index (χ1v) is 10.4. The number of carbonyl (C=O) groups excluding carboxylic acids is 1. The molecule has 7 nitrogen and oxygen atoms in total. The number of ether oxygens (including phenoxy) is 3. The van der Waals surface area contributed by atoms with Crippen LogP contribution in [0.25, 0.3) is 6.08 Å². The van der Waals surface area contributed by atoms with Crippen molar-refractivity contribution in [3.63, 3.8) is 0 Å². The van der Waals surface area contributed by atoms with Gasteiger partial charge in [-0.15, -0.1) is 0 Å². The molecule has 1 unspecified atom stereocenters. The zero-order valence-electron chi connectivity index (χ0n) is 19.0. The van der Waals surface area contributed by atoms with Crippen LogP contribution < -0.4 is 19.5 Å². The molecule has 1 N–H and O–H groups in total. The van der Waals surface area contributed by atoms with Crippen molar-refractivity contribution in [3.05, 3.63) is 77.9 Å².